The minimum Gasteiger partial charge on any atom is -0.365 e. The quantitative estimate of drug-likeness (QED) is 0.726. The molecule has 4 nitrogen and oxygen atoms in total. The van der Waals surface area contributed by atoms with E-state index in [9.17, 15) is 0 Å². The average molecular weight is 353 g/mol. The van der Waals surface area contributed by atoms with Crippen molar-refractivity contribution in [3.63, 3.8) is 0 Å². The van der Waals surface area contributed by atoms with Crippen LogP contribution < -0.4 is 10.2 Å². The third-order valence-electron chi connectivity index (χ3n) is 4.60. The first kappa shape index (κ1) is 16.2. The predicted octanol–water partition coefficient (Wildman–Crippen LogP) is 4.89. The number of hydrogen-bond acceptors (Lipinski definition) is 4. The van der Waals surface area contributed by atoms with Gasteiger partial charge in [-0.3, -0.25) is 0 Å². The van der Waals surface area contributed by atoms with Gasteiger partial charge in [0.1, 0.15) is 5.82 Å². The zero-order chi connectivity index (χ0) is 17.1. The Labute approximate surface area is 152 Å². The van der Waals surface area contributed by atoms with Crippen molar-refractivity contribution in [3.05, 3.63) is 59.1 Å². The molecule has 1 fully saturated rings. The van der Waals surface area contributed by atoms with Crippen LogP contribution in [0.1, 0.15) is 24.8 Å². The van der Waals surface area contributed by atoms with Crippen molar-refractivity contribution in [2.24, 2.45) is 0 Å². The third-order valence-corrected chi connectivity index (χ3v) is 4.86. The number of nitrogens with zero attached hydrogens (tertiary/aromatic N) is 3. The van der Waals surface area contributed by atoms with E-state index in [2.05, 4.69) is 22.3 Å². The summed E-state index contributed by atoms with van der Waals surface area (Å²) in [6.07, 6.45) is 3.72. The highest BCUT2D eigenvalue weighted by atomic mass is 35.5. The van der Waals surface area contributed by atoms with Gasteiger partial charge in [-0.25, -0.2) is 4.98 Å². The molecule has 0 bridgehead atoms. The maximum Gasteiger partial charge on any atom is 0.227 e. The molecule has 1 saturated heterocycles. The topological polar surface area (TPSA) is 41.1 Å². The number of hydrogen-bond donors (Lipinski definition) is 1. The summed E-state index contributed by atoms with van der Waals surface area (Å²) in [5, 5.41) is 5.29. The number of piperidine rings is 1. The molecule has 25 heavy (non-hydrogen) atoms. The molecule has 128 valence electrons. The summed E-state index contributed by atoms with van der Waals surface area (Å²) in [4.78, 5) is 11.9. The third kappa shape index (κ3) is 3.69. The number of nitrogens with one attached hydrogen (secondary N) is 1. The maximum absolute atomic E-state index is 5.97. The van der Waals surface area contributed by atoms with Crippen LogP contribution in [-0.4, -0.2) is 23.1 Å². The molecular weight excluding hydrogens is 332 g/mol. The van der Waals surface area contributed by atoms with E-state index in [4.69, 9.17) is 21.6 Å². The van der Waals surface area contributed by atoms with E-state index in [0.717, 1.165) is 40.8 Å². The number of fused-ring (bicyclic) bond motifs is 1. The van der Waals surface area contributed by atoms with E-state index < -0.39 is 0 Å². The Morgan fingerprint density at radius 1 is 0.920 bits per heavy atom. The zero-order valence-corrected chi connectivity index (χ0v) is 14.8. The Hall–Kier alpha value is -2.33. The summed E-state index contributed by atoms with van der Waals surface area (Å²) in [6, 6.07) is 16.1. The van der Waals surface area contributed by atoms with Crippen LogP contribution >= 0.6 is 11.6 Å². The Morgan fingerprint density at radius 3 is 2.48 bits per heavy atom. The molecule has 0 saturated carbocycles. The average Bonchev–Trinajstić information content (AvgIpc) is 2.68. The van der Waals surface area contributed by atoms with Gasteiger partial charge in [-0.2, -0.15) is 4.98 Å². The van der Waals surface area contributed by atoms with Gasteiger partial charge in [0.2, 0.25) is 5.95 Å². The van der Waals surface area contributed by atoms with Crippen LogP contribution in [0.2, 0.25) is 5.02 Å². The van der Waals surface area contributed by atoms with Crippen molar-refractivity contribution >= 4 is 34.3 Å². The van der Waals surface area contributed by atoms with Crippen LogP contribution in [0, 0.1) is 0 Å². The highest BCUT2D eigenvalue weighted by Crippen LogP contribution is 2.25. The molecule has 1 aliphatic heterocycles. The van der Waals surface area contributed by atoms with E-state index in [0.29, 0.717) is 6.54 Å². The van der Waals surface area contributed by atoms with Gasteiger partial charge in [0.25, 0.3) is 0 Å². The summed E-state index contributed by atoms with van der Waals surface area (Å²) >= 11 is 5.97. The first-order valence-corrected chi connectivity index (χ1v) is 9.17. The largest absolute Gasteiger partial charge is 0.365 e. The van der Waals surface area contributed by atoms with Gasteiger partial charge in [-0.15, -0.1) is 0 Å². The van der Waals surface area contributed by atoms with Crippen molar-refractivity contribution in [2.75, 3.05) is 23.3 Å². The lowest BCUT2D eigenvalue weighted by atomic mass is 10.1. The number of rotatable bonds is 4. The van der Waals surface area contributed by atoms with Crippen LogP contribution in [-0.2, 0) is 6.54 Å². The van der Waals surface area contributed by atoms with E-state index in [1.807, 2.05) is 36.4 Å². The van der Waals surface area contributed by atoms with Crippen LogP contribution in [0.4, 0.5) is 11.8 Å². The second-order valence-corrected chi connectivity index (χ2v) is 6.85. The number of anilines is 2. The van der Waals surface area contributed by atoms with Crippen molar-refractivity contribution in [3.8, 4) is 0 Å². The van der Waals surface area contributed by atoms with Crippen molar-refractivity contribution in [1.82, 2.24) is 9.97 Å². The van der Waals surface area contributed by atoms with Gasteiger partial charge in [0.05, 0.1) is 5.52 Å². The number of benzene rings is 2. The summed E-state index contributed by atoms with van der Waals surface area (Å²) in [5.41, 5.74) is 2.16. The van der Waals surface area contributed by atoms with Gasteiger partial charge in [0.15, 0.2) is 0 Å². The van der Waals surface area contributed by atoms with Crippen LogP contribution in [0.25, 0.3) is 10.9 Å². The summed E-state index contributed by atoms with van der Waals surface area (Å²) in [5.74, 6) is 1.72. The maximum atomic E-state index is 5.97. The number of para-hydroxylation sites is 1. The standard InChI is InChI=1S/C20H21ClN4/c21-16-10-8-15(9-11-16)14-22-19-17-6-2-3-7-18(17)23-20(24-19)25-12-4-1-5-13-25/h2-3,6-11H,1,4-5,12-14H2,(H,22,23,24). The minimum absolute atomic E-state index is 0.706. The smallest absolute Gasteiger partial charge is 0.227 e. The van der Waals surface area contributed by atoms with Crippen LogP contribution in [0.5, 0.6) is 0 Å². The number of aromatic nitrogens is 2. The fourth-order valence-corrected chi connectivity index (χ4v) is 3.35. The van der Waals surface area contributed by atoms with Gasteiger partial charge >= 0.3 is 0 Å². The first-order valence-electron chi connectivity index (χ1n) is 8.80. The summed E-state index contributed by atoms with van der Waals surface area (Å²) in [7, 11) is 0. The van der Waals surface area contributed by atoms with Crippen molar-refractivity contribution in [1.29, 1.82) is 0 Å². The Balaban J connectivity index is 1.64. The molecule has 2 heterocycles. The molecule has 0 radical (unpaired) electrons. The fraction of sp³-hybridized carbons (Fsp3) is 0.300. The SMILES string of the molecule is Clc1ccc(CNc2nc(N3CCCCC3)nc3ccccc23)cc1. The number of halogens is 1. The molecule has 2 aromatic carbocycles. The normalized spacial score (nSPS) is 14.7. The molecular formula is C20H21ClN4. The van der Waals surface area contributed by atoms with Gasteiger partial charge in [-0.1, -0.05) is 35.9 Å². The monoisotopic (exact) mass is 352 g/mol. The molecule has 1 N–H and O–H groups in total. The zero-order valence-electron chi connectivity index (χ0n) is 14.1. The van der Waals surface area contributed by atoms with E-state index >= 15 is 0 Å². The highest BCUT2D eigenvalue weighted by molar-refractivity contribution is 6.30. The second-order valence-electron chi connectivity index (χ2n) is 6.42. The first-order chi connectivity index (χ1) is 12.3. The molecule has 0 aliphatic carbocycles. The van der Waals surface area contributed by atoms with Crippen molar-refractivity contribution < 1.29 is 0 Å². The van der Waals surface area contributed by atoms with Gasteiger partial charge in [-0.05, 0) is 49.1 Å². The highest BCUT2D eigenvalue weighted by Gasteiger charge is 2.16. The molecule has 3 aromatic rings. The Kier molecular flexibility index (Phi) is 4.70. The molecule has 1 aliphatic rings. The second kappa shape index (κ2) is 7.28. The lowest BCUT2D eigenvalue weighted by Gasteiger charge is -2.27. The molecule has 0 amide bonds. The molecule has 1 aromatic heterocycles. The molecule has 5 heteroatoms. The van der Waals surface area contributed by atoms with Crippen LogP contribution in [0.3, 0.4) is 0 Å². The minimum atomic E-state index is 0.706. The van der Waals surface area contributed by atoms with E-state index in [1.165, 1.54) is 24.8 Å². The Bertz CT molecular complexity index is 857. The molecule has 0 spiro atoms. The molecule has 0 unspecified atom stereocenters. The summed E-state index contributed by atoms with van der Waals surface area (Å²) in [6.45, 7) is 2.78. The predicted molar refractivity (Wildman–Crippen MR) is 104 cm³/mol. The molecule has 0 atom stereocenters. The summed E-state index contributed by atoms with van der Waals surface area (Å²) < 4.78 is 0. The van der Waals surface area contributed by atoms with Gasteiger partial charge < -0.3 is 10.2 Å². The van der Waals surface area contributed by atoms with Gasteiger partial charge in [0, 0.05) is 30.0 Å². The van der Waals surface area contributed by atoms with Crippen molar-refractivity contribution in [2.45, 2.75) is 25.8 Å². The molecule has 4 rings (SSSR count). The lowest BCUT2D eigenvalue weighted by Crippen LogP contribution is -2.31. The van der Waals surface area contributed by atoms with E-state index in [-0.39, 0.29) is 0 Å². The Morgan fingerprint density at radius 2 is 1.68 bits per heavy atom. The lowest BCUT2D eigenvalue weighted by molar-refractivity contribution is 0.569. The van der Waals surface area contributed by atoms with Crippen LogP contribution in [0.15, 0.2) is 48.5 Å². The fourth-order valence-electron chi connectivity index (χ4n) is 3.22. The van der Waals surface area contributed by atoms with E-state index in [1.54, 1.807) is 0 Å².